The van der Waals surface area contributed by atoms with Gasteiger partial charge in [0.1, 0.15) is 6.54 Å². The van der Waals surface area contributed by atoms with Crippen molar-refractivity contribution < 1.29 is 9.59 Å². The number of anilines is 1. The Morgan fingerprint density at radius 3 is 2.59 bits per heavy atom. The minimum Gasteiger partial charge on any atom is -0.345 e. The topological polar surface area (TPSA) is 93.1 Å². The fourth-order valence-electron chi connectivity index (χ4n) is 2.80. The van der Waals surface area contributed by atoms with Crippen molar-refractivity contribution in [2.24, 2.45) is 0 Å². The lowest BCUT2D eigenvalue weighted by atomic mass is 10.1. The number of nitrogens with one attached hydrogen (secondary N) is 2. The molecule has 0 aliphatic carbocycles. The molecule has 0 spiro atoms. The van der Waals surface area contributed by atoms with E-state index in [0.717, 1.165) is 17.7 Å². The predicted molar refractivity (Wildman–Crippen MR) is 103 cm³/mol. The van der Waals surface area contributed by atoms with E-state index in [1.54, 1.807) is 18.2 Å². The largest absolute Gasteiger partial charge is 0.345 e. The lowest BCUT2D eigenvalue weighted by molar-refractivity contribution is -0.124. The van der Waals surface area contributed by atoms with Crippen LogP contribution in [-0.2, 0) is 22.6 Å². The van der Waals surface area contributed by atoms with Crippen LogP contribution in [0, 0.1) is 0 Å². The molecule has 0 fully saturated rings. The third-order valence-corrected chi connectivity index (χ3v) is 4.17. The van der Waals surface area contributed by atoms with Crippen LogP contribution < -0.4 is 16.2 Å². The Kier molecular flexibility index (Phi) is 5.61. The SMILES string of the molecule is CCc1ccccc1NC(=O)CNC(=O)Cn1c(=O)cnc2ccccc21. The lowest BCUT2D eigenvalue weighted by Crippen LogP contribution is -2.37. The molecular formula is C20H20N4O3. The fraction of sp³-hybridized carbons (Fsp3) is 0.200. The van der Waals surface area contributed by atoms with Crippen LogP contribution in [0.2, 0.25) is 0 Å². The van der Waals surface area contributed by atoms with Crippen molar-refractivity contribution in [3.8, 4) is 0 Å². The molecule has 0 aliphatic rings. The van der Waals surface area contributed by atoms with Crippen molar-refractivity contribution in [3.05, 3.63) is 70.6 Å². The number of carbonyl (C=O) groups is 2. The van der Waals surface area contributed by atoms with Crippen LogP contribution in [-0.4, -0.2) is 27.9 Å². The molecule has 0 atom stereocenters. The number of hydrogen-bond donors (Lipinski definition) is 2. The van der Waals surface area contributed by atoms with Crippen molar-refractivity contribution in [1.82, 2.24) is 14.9 Å². The molecule has 138 valence electrons. The predicted octanol–water partition coefficient (Wildman–Crippen LogP) is 1.71. The van der Waals surface area contributed by atoms with Crippen molar-refractivity contribution in [2.45, 2.75) is 19.9 Å². The number of aromatic nitrogens is 2. The van der Waals surface area contributed by atoms with Crippen LogP contribution in [0.5, 0.6) is 0 Å². The highest BCUT2D eigenvalue weighted by Gasteiger charge is 2.11. The molecule has 0 radical (unpaired) electrons. The summed E-state index contributed by atoms with van der Waals surface area (Å²) in [5.41, 5.74) is 2.58. The van der Waals surface area contributed by atoms with E-state index in [2.05, 4.69) is 15.6 Å². The van der Waals surface area contributed by atoms with Gasteiger partial charge in [0.15, 0.2) is 0 Å². The summed E-state index contributed by atoms with van der Waals surface area (Å²) in [6.45, 7) is 1.65. The molecule has 0 saturated carbocycles. The zero-order valence-electron chi connectivity index (χ0n) is 14.9. The highest BCUT2D eigenvalue weighted by molar-refractivity contribution is 5.95. The second-order valence-corrected chi connectivity index (χ2v) is 6.01. The molecule has 3 rings (SSSR count). The van der Waals surface area contributed by atoms with E-state index in [1.807, 2.05) is 37.3 Å². The van der Waals surface area contributed by atoms with Crippen molar-refractivity contribution in [3.63, 3.8) is 0 Å². The van der Waals surface area contributed by atoms with Crippen LogP contribution >= 0.6 is 0 Å². The first-order chi connectivity index (χ1) is 13.1. The molecule has 3 aromatic rings. The molecule has 1 heterocycles. The Labute approximate surface area is 156 Å². The second-order valence-electron chi connectivity index (χ2n) is 6.01. The molecule has 2 aromatic carbocycles. The number of amides is 2. The second kappa shape index (κ2) is 8.27. The third-order valence-electron chi connectivity index (χ3n) is 4.17. The normalized spacial score (nSPS) is 10.6. The zero-order chi connectivity index (χ0) is 19.2. The number of nitrogens with zero attached hydrogens (tertiary/aromatic N) is 2. The average molecular weight is 364 g/mol. The molecule has 0 bridgehead atoms. The van der Waals surface area contributed by atoms with Crippen molar-refractivity contribution >= 4 is 28.5 Å². The number of hydrogen-bond acceptors (Lipinski definition) is 4. The minimum atomic E-state index is -0.424. The molecule has 27 heavy (non-hydrogen) atoms. The first-order valence-corrected chi connectivity index (χ1v) is 8.67. The zero-order valence-corrected chi connectivity index (χ0v) is 14.9. The first-order valence-electron chi connectivity index (χ1n) is 8.67. The smallest absolute Gasteiger partial charge is 0.269 e. The molecule has 2 amide bonds. The summed E-state index contributed by atoms with van der Waals surface area (Å²) in [5.74, 6) is -0.747. The van der Waals surface area contributed by atoms with Crippen molar-refractivity contribution in [2.75, 3.05) is 11.9 Å². The Morgan fingerprint density at radius 1 is 1.04 bits per heavy atom. The van der Waals surface area contributed by atoms with Crippen LogP contribution in [0.4, 0.5) is 5.69 Å². The van der Waals surface area contributed by atoms with Gasteiger partial charge in [0, 0.05) is 5.69 Å². The molecule has 0 unspecified atom stereocenters. The molecule has 1 aromatic heterocycles. The number of rotatable bonds is 6. The number of fused-ring (bicyclic) bond motifs is 1. The monoisotopic (exact) mass is 364 g/mol. The van der Waals surface area contributed by atoms with Gasteiger partial charge in [0.25, 0.3) is 5.56 Å². The van der Waals surface area contributed by atoms with Crippen LogP contribution in [0.3, 0.4) is 0 Å². The van der Waals surface area contributed by atoms with Crippen LogP contribution in [0.1, 0.15) is 12.5 Å². The quantitative estimate of drug-likeness (QED) is 0.696. The maximum absolute atomic E-state index is 12.2. The van der Waals surface area contributed by atoms with Gasteiger partial charge in [-0.05, 0) is 30.2 Å². The number of carbonyl (C=O) groups excluding carboxylic acids is 2. The van der Waals surface area contributed by atoms with Gasteiger partial charge >= 0.3 is 0 Å². The Bertz CT molecular complexity index is 1040. The Morgan fingerprint density at radius 2 is 1.78 bits per heavy atom. The summed E-state index contributed by atoms with van der Waals surface area (Å²) in [5, 5.41) is 5.34. The molecule has 0 saturated heterocycles. The van der Waals surface area contributed by atoms with Crippen molar-refractivity contribution in [1.29, 1.82) is 0 Å². The van der Waals surface area contributed by atoms with E-state index in [4.69, 9.17) is 0 Å². The van der Waals surface area contributed by atoms with Gasteiger partial charge in [-0.25, -0.2) is 4.98 Å². The molecule has 7 nitrogen and oxygen atoms in total. The van der Waals surface area contributed by atoms with Gasteiger partial charge < -0.3 is 10.6 Å². The summed E-state index contributed by atoms with van der Waals surface area (Å²) < 4.78 is 1.34. The maximum atomic E-state index is 12.2. The average Bonchev–Trinajstić information content (AvgIpc) is 2.69. The highest BCUT2D eigenvalue weighted by Crippen LogP contribution is 2.15. The van der Waals surface area contributed by atoms with Gasteiger partial charge in [-0.15, -0.1) is 0 Å². The van der Waals surface area contributed by atoms with Gasteiger partial charge in [0.05, 0.1) is 23.8 Å². The standard InChI is InChI=1S/C20H20N4O3/c1-2-14-7-3-4-8-15(14)23-18(25)11-22-19(26)13-24-17-10-6-5-9-16(17)21-12-20(24)27/h3-10,12H,2,11,13H2,1H3,(H,22,26)(H,23,25). The summed E-state index contributed by atoms with van der Waals surface area (Å²) >= 11 is 0. The molecule has 7 heteroatoms. The summed E-state index contributed by atoms with van der Waals surface area (Å²) in [6.07, 6.45) is 1.98. The number of para-hydroxylation sites is 3. The summed E-state index contributed by atoms with van der Waals surface area (Å²) in [4.78, 5) is 40.4. The molecule has 0 aliphatic heterocycles. The van der Waals surface area contributed by atoms with E-state index in [1.165, 1.54) is 10.8 Å². The van der Waals surface area contributed by atoms with Gasteiger partial charge in [-0.1, -0.05) is 37.3 Å². The summed E-state index contributed by atoms with van der Waals surface area (Å²) in [6, 6.07) is 14.6. The number of aryl methyl sites for hydroxylation is 1. The third kappa shape index (κ3) is 4.38. The Hall–Kier alpha value is -3.48. The fourth-order valence-corrected chi connectivity index (χ4v) is 2.80. The van der Waals surface area contributed by atoms with E-state index < -0.39 is 5.91 Å². The lowest BCUT2D eigenvalue weighted by Gasteiger charge is -2.11. The van der Waals surface area contributed by atoms with Gasteiger partial charge in [-0.2, -0.15) is 0 Å². The van der Waals surface area contributed by atoms with Crippen LogP contribution in [0.15, 0.2) is 59.5 Å². The van der Waals surface area contributed by atoms with Crippen LogP contribution in [0.25, 0.3) is 11.0 Å². The van der Waals surface area contributed by atoms with E-state index in [0.29, 0.717) is 11.0 Å². The summed E-state index contributed by atoms with van der Waals surface area (Å²) in [7, 11) is 0. The number of benzene rings is 2. The molecular weight excluding hydrogens is 344 g/mol. The van der Waals surface area contributed by atoms with E-state index in [-0.39, 0.29) is 24.6 Å². The highest BCUT2D eigenvalue weighted by atomic mass is 16.2. The maximum Gasteiger partial charge on any atom is 0.269 e. The van der Waals surface area contributed by atoms with Gasteiger partial charge in [0.2, 0.25) is 11.8 Å². The van der Waals surface area contributed by atoms with Gasteiger partial charge in [-0.3, -0.25) is 19.0 Å². The molecule has 2 N–H and O–H groups in total. The minimum absolute atomic E-state index is 0.172. The van der Waals surface area contributed by atoms with E-state index >= 15 is 0 Å². The Balaban J connectivity index is 1.63. The van der Waals surface area contributed by atoms with E-state index in [9.17, 15) is 14.4 Å². The first kappa shape index (κ1) is 18.3.